The minimum absolute atomic E-state index is 0.406. The van der Waals surface area contributed by atoms with Crippen LogP contribution < -0.4 is 5.73 Å². The molecular weight excluding hydrogens is 186 g/mol. The van der Waals surface area contributed by atoms with Gasteiger partial charge in [-0.3, -0.25) is 0 Å². The molecule has 0 amide bonds. The van der Waals surface area contributed by atoms with Gasteiger partial charge in [0.2, 0.25) is 0 Å². The fourth-order valence-electron chi connectivity index (χ4n) is 1.39. The maximum absolute atomic E-state index is 5.64. The summed E-state index contributed by atoms with van der Waals surface area (Å²) in [5.41, 5.74) is 8.95. The Morgan fingerprint density at radius 3 is 2.33 bits per heavy atom. The van der Waals surface area contributed by atoms with Crippen molar-refractivity contribution in [2.45, 2.75) is 0 Å². The highest BCUT2D eigenvalue weighted by Gasteiger charge is 2.06. The van der Waals surface area contributed by atoms with Gasteiger partial charge >= 0.3 is 0 Å². The van der Waals surface area contributed by atoms with Gasteiger partial charge in [0.05, 0.1) is 22.4 Å². The van der Waals surface area contributed by atoms with E-state index in [0.29, 0.717) is 17.1 Å². The zero-order valence-electron chi connectivity index (χ0n) is 8.27. The summed E-state index contributed by atoms with van der Waals surface area (Å²) in [6.07, 6.45) is 1.63. The summed E-state index contributed by atoms with van der Waals surface area (Å²) < 4.78 is 0. The topological polar surface area (TPSA) is 51.8 Å². The largest absolute Gasteiger partial charge is 0.397 e. The fourth-order valence-corrected chi connectivity index (χ4v) is 1.39. The van der Waals surface area contributed by atoms with Crippen molar-refractivity contribution in [3.05, 3.63) is 48.8 Å². The van der Waals surface area contributed by atoms with E-state index in [1.54, 1.807) is 6.08 Å². The van der Waals surface area contributed by atoms with Crippen LogP contribution in [0.2, 0.25) is 0 Å². The van der Waals surface area contributed by atoms with E-state index >= 15 is 0 Å². The fraction of sp³-hybridized carbons (Fsp3) is 0. The molecule has 3 heteroatoms. The molecule has 0 radical (unpaired) electrons. The third kappa shape index (κ3) is 1.59. The predicted molar refractivity (Wildman–Crippen MR) is 62.9 cm³/mol. The van der Waals surface area contributed by atoms with Crippen LogP contribution in [0.25, 0.3) is 22.8 Å². The maximum atomic E-state index is 5.64. The van der Waals surface area contributed by atoms with Gasteiger partial charge in [0.25, 0.3) is 0 Å². The summed E-state index contributed by atoms with van der Waals surface area (Å²) in [6, 6.07) is 7.62. The molecule has 0 saturated heterocycles. The molecule has 0 aliphatic carbocycles. The van der Waals surface area contributed by atoms with Crippen molar-refractivity contribution in [2.24, 2.45) is 5.73 Å². The molecule has 2 aromatic rings. The number of fused-ring (bicyclic) bond motifs is 1. The van der Waals surface area contributed by atoms with E-state index in [2.05, 4.69) is 23.1 Å². The molecule has 0 unspecified atom stereocenters. The van der Waals surface area contributed by atoms with Crippen LogP contribution in [0.4, 0.5) is 0 Å². The van der Waals surface area contributed by atoms with Crippen LogP contribution in [-0.2, 0) is 0 Å². The summed E-state index contributed by atoms with van der Waals surface area (Å²) in [7, 11) is 0. The van der Waals surface area contributed by atoms with Crippen LogP contribution in [0.5, 0.6) is 0 Å². The predicted octanol–water partition coefficient (Wildman–Crippen LogP) is 2.20. The highest BCUT2D eigenvalue weighted by Crippen LogP contribution is 2.16. The van der Waals surface area contributed by atoms with Crippen molar-refractivity contribution >= 4 is 22.8 Å². The van der Waals surface area contributed by atoms with Gasteiger partial charge < -0.3 is 5.73 Å². The Balaban J connectivity index is 2.80. The van der Waals surface area contributed by atoms with Gasteiger partial charge in [0, 0.05) is 0 Å². The van der Waals surface area contributed by atoms with E-state index in [1.807, 2.05) is 24.3 Å². The van der Waals surface area contributed by atoms with E-state index < -0.39 is 0 Å². The Kier molecular flexibility index (Phi) is 2.21. The minimum atomic E-state index is 0.406. The van der Waals surface area contributed by atoms with Crippen molar-refractivity contribution < 1.29 is 0 Å². The number of para-hydroxylation sites is 2. The molecule has 0 aliphatic rings. The van der Waals surface area contributed by atoms with Gasteiger partial charge in [-0.1, -0.05) is 25.3 Å². The molecule has 0 bridgehead atoms. The Morgan fingerprint density at radius 2 is 1.80 bits per heavy atom. The number of rotatable bonds is 2. The molecule has 15 heavy (non-hydrogen) atoms. The van der Waals surface area contributed by atoms with Gasteiger partial charge in [-0.15, -0.1) is 0 Å². The summed E-state index contributed by atoms with van der Waals surface area (Å²) in [5.74, 6) is 0. The van der Waals surface area contributed by atoms with Crippen LogP contribution >= 0.6 is 0 Å². The molecule has 3 nitrogen and oxygen atoms in total. The van der Waals surface area contributed by atoms with Crippen molar-refractivity contribution in [2.75, 3.05) is 0 Å². The molecule has 74 valence electrons. The van der Waals surface area contributed by atoms with Crippen LogP contribution in [0.1, 0.15) is 11.4 Å². The van der Waals surface area contributed by atoms with Gasteiger partial charge in [0.1, 0.15) is 5.69 Å². The second-order valence-corrected chi connectivity index (χ2v) is 3.18. The number of aromatic nitrogens is 2. The smallest absolute Gasteiger partial charge is 0.112 e. The highest BCUT2D eigenvalue weighted by molar-refractivity contribution is 5.79. The van der Waals surface area contributed by atoms with Crippen molar-refractivity contribution in [1.29, 1.82) is 0 Å². The number of benzene rings is 1. The first-order valence-electron chi connectivity index (χ1n) is 4.56. The normalized spacial score (nSPS) is 10.1. The van der Waals surface area contributed by atoms with Gasteiger partial charge in [-0.05, 0) is 18.2 Å². The minimum Gasteiger partial charge on any atom is -0.397 e. The lowest BCUT2D eigenvalue weighted by Gasteiger charge is -2.05. The third-order valence-corrected chi connectivity index (χ3v) is 2.10. The Morgan fingerprint density at radius 1 is 1.20 bits per heavy atom. The Labute approximate surface area is 88.0 Å². The quantitative estimate of drug-likeness (QED) is 0.803. The molecule has 2 rings (SSSR count). The molecule has 0 spiro atoms. The molecule has 0 saturated carbocycles. The number of hydrogen-bond donors (Lipinski definition) is 1. The molecule has 2 N–H and O–H groups in total. The lowest BCUT2D eigenvalue weighted by atomic mass is 10.2. The number of hydrogen-bond acceptors (Lipinski definition) is 3. The monoisotopic (exact) mass is 197 g/mol. The zero-order chi connectivity index (χ0) is 10.8. The van der Waals surface area contributed by atoms with E-state index in [9.17, 15) is 0 Å². The van der Waals surface area contributed by atoms with Crippen LogP contribution in [0.15, 0.2) is 37.4 Å². The van der Waals surface area contributed by atoms with E-state index in [0.717, 1.165) is 11.0 Å². The zero-order valence-corrected chi connectivity index (χ0v) is 8.27. The average Bonchev–Trinajstić information content (AvgIpc) is 2.27. The molecule has 1 aromatic heterocycles. The van der Waals surface area contributed by atoms with Crippen LogP contribution in [0.3, 0.4) is 0 Å². The van der Waals surface area contributed by atoms with Crippen LogP contribution in [-0.4, -0.2) is 9.97 Å². The number of nitrogens with zero attached hydrogens (tertiary/aromatic N) is 2. The standard InChI is InChI=1S/C12H11N3/c1-3-9-12(8(2)13)15-11-7-5-4-6-10(11)14-9/h3-7H,1-2,13H2. The van der Waals surface area contributed by atoms with Crippen molar-refractivity contribution in [3.63, 3.8) is 0 Å². The summed E-state index contributed by atoms with van der Waals surface area (Å²) >= 11 is 0. The van der Waals surface area contributed by atoms with E-state index in [4.69, 9.17) is 5.73 Å². The second kappa shape index (κ2) is 3.53. The Hall–Kier alpha value is -2.16. The van der Waals surface area contributed by atoms with Crippen molar-refractivity contribution in [3.8, 4) is 0 Å². The summed E-state index contributed by atoms with van der Waals surface area (Å²) in [6.45, 7) is 7.35. The molecule has 0 atom stereocenters. The molecule has 1 aromatic carbocycles. The molecule has 0 aliphatic heterocycles. The maximum Gasteiger partial charge on any atom is 0.112 e. The van der Waals surface area contributed by atoms with Crippen molar-refractivity contribution in [1.82, 2.24) is 9.97 Å². The number of nitrogens with two attached hydrogens (primary N) is 1. The molecular formula is C12H11N3. The van der Waals surface area contributed by atoms with Crippen LogP contribution in [0, 0.1) is 0 Å². The SMILES string of the molecule is C=Cc1nc2ccccc2nc1C(=C)N. The summed E-state index contributed by atoms with van der Waals surface area (Å²) in [4.78, 5) is 8.78. The third-order valence-electron chi connectivity index (χ3n) is 2.10. The first-order valence-corrected chi connectivity index (χ1v) is 4.56. The van der Waals surface area contributed by atoms with E-state index in [-0.39, 0.29) is 0 Å². The summed E-state index contributed by atoms with van der Waals surface area (Å²) in [5, 5.41) is 0. The van der Waals surface area contributed by atoms with Gasteiger partial charge in [-0.25, -0.2) is 9.97 Å². The lowest BCUT2D eigenvalue weighted by molar-refractivity contribution is 1.21. The second-order valence-electron chi connectivity index (χ2n) is 3.18. The van der Waals surface area contributed by atoms with Gasteiger partial charge in [0.15, 0.2) is 0 Å². The molecule has 0 fully saturated rings. The van der Waals surface area contributed by atoms with Gasteiger partial charge in [-0.2, -0.15) is 0 Å². The highest BCUT2D eigenvalue weighted by atomic mass is 14.8. The first kappa shape index (κ1) is 9.40. The Bertz CT molecular complexity index is 544. The lowest BCUT2D eigenvalue weighted by Crippen LogP contribution is -2.02. The average molecular weight is 197 g/mol. The van der Waals surface area contributed by atoms with E-state index in [1.165, 1.54) is 0 Å². The first-order chi connectivity index (χ1) is 7.22. The molecule has 1 heterocycles.